The quantitative estimate of drug-likeness (QED) is 0.907. The summed E-state index contributed by atoms with van der Waals surface area (Å²) in [7, 11) is 1.80. The number of nitrogens with zero attached hydrogens (tertiary/aromatic N) is 2. The van der Waals surface area contributed by atoms with Gasteiger partial charge in [0.25, 0.3) is 0 Å². The van der Waals surface area contributed by atoms with E-state index in [1.54, 1.807) is 7.11 Å². The van der Waals surface area contributed by atoms with Gasteiger partial charge in [-0.2, -0.15) is 0 Å². The van der Waals surface area contributed by atoms with Crippen LogP contribution in [-0.2, 0) is 17.7 Å². The van der Waals surface area contributed by atoms with Gasteiger partial charge >= 0.3 is 0 Å². The normalized spacial score (nSPS) is 21.9. The van der Waals surface area contributed by atoms with Crippen LogP contribution in [-0.4, -0.2) is 23.6 Å². The molecule has 0 spiro atoms. The molecular weight excluding hydrogens is 238 g/mol. The number of fused-ring (bicyclic) bond motifs is 1. The Bertz CT molecular complexity index is 429. The molecule has 1 aliphatic heterocycles. The molecular formula is C15H23N3O. The number of hydrogen-bond donors (Lipinski definition) is 1. The van der Waals surface area contributed by atoms with Crippen LogP contribution in [0.2, 0.25) is 0 Å². The van der Waals surface area contributed by atoms with E-state index in [0.717, 1.165) is 25.3 Å². The fourth-order valence-electron chi connectivity index (χ4n) is 3.33. The first kappa shape index (κ1) is 13.0. The van der Waals surface area contributed by atoms with Crippen molar-refractivity contribution in [3.05, 3.63) is 23.3 Å². The van der Waals surface area contributed by atoms with Crippen LogP contribution in [0.15, 0.2) is 6.20 Å². The smallest absolute Gasteiger partial charge is 0.157 e. The van der Waals surface area contributed by atoms with E-state index in [9.17, 15) is 0 Å². The SMILES string of the molecule is COC(c1ncc2c(n1)CCNC2)C1CCCCC1. The molecule has 3 rings (SSSR count). The highest BCUT2D eigenvalue weighted by molar-refractivity contribution is 5.21. The minimum absolute atomic E-state index is 0.0838. The predicted molar refractivity (Wildman–Crippen MR) is 73.8 cm³/mol. The molecule has 1 unspecified atom stereocenters. The largest absolute Gasteiger partial charge is 0.373 e. The molecule has 1 fully saturated rings. The fraction of sp³-hybridized carbons (Fsp3) is 0.733. The number of ether oxygens (including phenoxy) is 1. The average Bonchev–Trinajstić information content (AvgIpc) is 2.49. The van der Waals surface area contributed by atoms with Crippen LogP contribution in [0.5, 0.6) is 0 Å². The van der Waals surface area contributed by atoms with Crippen molar-refractivity contribution in [2.75, 3.05) is 13.7 Å². The lowest BCUT2D eigenvalue weighted by Gasteiger charge is -2.28. The molecule has 19 heavy (non-hydrogen) atoms. The van der Waals surface area contributed by atoms with Gasteiger partial charge < -0.3 is 10.1 Å². The molecule has 1 saturated carbocycles. The maximum Gasteiger partial charge on any atom is 0.157 e. The van der Waals surface area contributed by atoms with E-state index in [1.165, 1.54) is 43.4 Å². The van der Waals surface area contributed by atoms with Gasteiger partial charge in [0.1, 0.15) is 6.10 Å². The second kappa shape index (κ2) is 5.97. The molecule has 4 nitrogen and oxygen atoms in total. The first-order chi connectivity index (χ1) is 9.38. The summed E-state index contributed by atoms with van der Waals surface area (Å²) >= 11 is 0. The molecule has 1 aliphatic carbocycles. The highest BCUT2D eigenvalue weighted by atomic mass is 16.5. The molecule has 2 aliphatic rings. The summed E-state index contributed by atoms with van der Waals surface area (Å²) in [6, 6.07) is 0. The Kier molecular flexibility index (Phi) is 4.09. The van der Waals surface area contributed by atoms with Crippen molar-refractivity contribution in [2.24, 2.45) is 5.92 Å². The Morgan fingerprint density at radius 1 is 1.32 bits per heavy atom. The van der Waals surface area contributed by atoms with Crippen LogP contribution in [0.3, 0.4) is 0 Å². The van der Waals surface area contributed by atoms with Crippen molar-refractivity contribution >= 4 is 0 Å². The zero-order valence-electron chi connectivity index (χ0n) is 11.7. The minimum atomic E-state index is 0.0838. The van der Waals surface area contributed by atoms with E-state index in [2.05, 4.69) is 10.3 Å². The second-order valence-electron chi connectivity index (χ2n) is 5.68. The summed E-state index contributed by atoms with van der Waals surface area (Å²) in [6.07, 6.45) is 9.58. The van der Waals surface area contributed by atoms with Gasteiger partial charge in [0.15, 0.2) is 5.82 Å². The number of hydrogen-bond acceptors (Lipinski definition) is 4. The highest BCUT2D eigenvalue weighted by Gasteiger charge is 2.27. The molecule has 0 amide bonds. The monoisotopic (exact) mass is 261 g/mol. The first-order valence-corrected chi connectivity index (χ1v) is 7.46. The van der Waals surface area contributed by atoms with Gasteiger partial charge in [-0.05, 0) is 18.8 Å². The minimum Gasteiger partial charge on any atom is -0.373 e. The third kappa shape index (κ3) is 2.79. The Hall–Kier alpha value is -1.00. The van der Waals surface area contributed by atoms with Gasteiger partial charge in [-0.1, -0.05) is 19.3 Å². The van der Waals surface area contributed by atoms with Crippen LogP contribution >= 0.6 is 0 Å². The van der Waals surface area contributed by atoms with Gasteiger partial charge in [-0.25, -0.2) is 9.97 Å². The van der Waals surface area contributed by atoms with E-state index in [0.29, 0.717) is 5.92 Å². The molecule has 1 aromatic heterocycles. The Morgan fingerprint density at radius 3 is 2.95 bits per heavy atom. The zero-order chi connectivity index (χ0) is 13.1. The lowest BCUT2D eigenvalue weighted by Crippen LogP contribution is -2.27. The fourth-order valence-corrected chi connectivity index (χ4v) is 3.33. The van der Waals surface area contributed by atoms with Crippen molar-refractivity contribution in [1.29, 1.82) is 0 Å². The van der Waals surface area contributed by atoms with Crippen molar-refractivity contribution in [2.45, 2.75) is 51.2 Å². The average molecular weight is 261 g/mol. The van der Waals surface area contributed by atoms with Crippen LogP contribution in [0, 0.1) is 5.92 Å². The van der Waals surface area contributed by atoms with E-state index < -0.39 is 0 Å². The van der Waals surface area contributed by atoms with Crippen molar-refractivity contribution in [3.63, 3.8) is 0 Å². The molecule has 4 heteroatoms. The van der Waals surface area contributed by atoms with Gasteiger partial charge in [0.05, 0.1) is 0 Å². The number of rotatable bonds is 3. The van der Waals surface area contributed by atoms with Gasteiger partial charge in [-0.15, -0.1) is 0 Å². The van der Waals surface area contributed by atoms with Crippen LogP contribution < -0.4 is 5.32 Å². The summed E-state index contributed by atoms with van der Waals surface area (Å²) in [5, 5.41) is 3.36. The molecule has 104 valence electrons. The maximum absolute atomic E-state index is 5.73. The summed E-state index contributed by atoms with van der Waals surface area (Å²) < 4.78 is 5.73. The van der Waals surface area contributed by atoms with Crippen LogP contribution in [0.25, 0.3) is 0 Å². The molecule has 0 aromatic carbocycles. The van der Waals surface area contributed by atoms with E-state index in [4.69, 9.17) is 9.72 Å². The lowest BCUT2D eigenvalue weighted by molar-refractivity contribution is 0.0287. The van der Waals surface area contributed by atoms with E-state index in [1.807, 2.05) is 6.20 Å². The number of nitrogens with one attached hydrogen (secondary N) is 1. The van der Waals surface area contributed by atoms with Crippen LogP contribution in [0.4, 0.5) is 0 Å². The predicted octanol–water partition coefficient (Wildman–Crippen LogP) is 2.39. The zero-order valence-corrected chi connectivity index (χ0v) is 11.7. The summed E-state index contributed by atoms with van der Waals surface area (Å²) in [4.78, 5) is 9.35. The molecule has 0 saturated heterocycles. The maximum atomic E-state index is 5.73. The Morgan fingerprint density at radius 2 is 2.16 bits per heavy atom. The van der Waals surface area contributed by atoms with E-state index >= 15 is 0 Å². The molecule has 1 aromatic rings. The Labute approximate surface area is 115 Å². The van der Waals surface area contributed by atoms with E-state index in [-0.39, 0.29) is 6.10 Å². The summed E-state index contributed by atoms with van der Waals surface area (Å²) in [5.74, 6) is 1.49. The third-order valence-electron chi connectivity index (χ3n) is 4.41. The van der Waals surface area contributed by atoms with Gasteiger partial charge in [-0.3, -0.25) is 0 Å². The number of methoxy groups -OCH3 is 1. The number of aromatic nitrogens is 2. The summed E-state index contributed by atoms with van der Waals surface area (Å²) in [5.41, 5.74) is 2.45. The van der Waals surface area contributed by atoms with Crippen LogP contribution in [0.1, 0.15) is 55.3 Å². The van der Waals surface area contributed by atoms with Crippen molar-refractivity contribution in [3.8, 4) is 0 Å². The Balaban J connectivity index is 1.82. The van der Waals surface area contributed by atoms with Crippen molar-refractivity contribution < 1.29 is 4.74 Å². The molecule has 1 N–H and O–H groups in total. The van der Waals surface area contributed by atoms with Crippen molar-refractivity contribution in [1.82, 2.24) is 15.3 Å². The molecule has 2 heterocycles. The standard InChI is InChI=1S/C15H23N3O/c1-19-14(11-5-3-2-4-6-11)15-17-10-12-9-16-8-7-13(12)18-15/h10-11,14,16H,2-9H2,1H3. The van der Waals surface area contributed by atoms with Gasteiger partial charge in [0.2, 0.25) is 0 Å². The molecule has 0 radical (unpaired) electrons. The second-order valence-corrected chi connectivity index (χ2v) is 5.68. The first-order valence-electron chi connectivity index (χ1n) is 7.46. The summed E-state index contributed by atoms with van der Waals surface area (Å²) in [6.45, 7) is 1.92. The third-order valence-corrected chi connectivity index (χ3v) is 4.41. The van der Waals surface area contributed by atoms with Gasteiger partial charge in [0, 0.05) is 44.1 Å². The highest BCUT2D eigenvalue weighted by Crippen LogP contribution is 2.35. The molecule has 0 bridgehead atoms. The lowest BCUT2D eigenvalue weighted by atomic mass is 9.85. The topological polar surface area (TPSA) is 47.0 Å². The molecule has 1 atom stereocenters.